The molecule has 5 nitrogen and oxygen atoms in total. The lowest BCUT2D eigenvalue weighted by atomic mass is 10.1. The Labute approximate surface area is 122 Å². The van der Waals surface area contributed by atoms with Gasteiger partial charge in [-0.1, -0.05) is 12.1 Å². The zero-order valence-electron chi connectivity index (χ0n) is 11.7. The Morgan fingerprint density at radius 1 is 1.10 bits per heavy atom. The average molecular weight is 283 g/mol. The normalized spacial score (nSPS) is 14.4. The molecule has 0 atom stereocenters. The third-order valence-corrected chi connectivity index (χ3v) is 3.74. The highest BCUT2D eigenvalue weighted by molar-refractivity contribution is 5.94. The highest BCUT2D eigenvalue weighted by Gasteiger charge is 2.19. The summed E-state index contributed by atoms with van der Waals surface area (Å²) >= 11 is 0. The van der Waals surface area contributed by atoms with E-state index in [1.165, 1.54) is 23.2 Å². The molecular weight excluding hydrogens is 266 g/mol. The van der Waals surface area contributed by atoms with E-state index in [9.17, 15) is 9.59 Å². The SMILES string of the molecule is O=C(c1ccc(Cn2cnccc2=O)cc1)N1CCCC1. The number of aromatic nitrogens is 2. The Kier molecular flexibility index (Phi) is 3.81. The van der Waals surface area contributed by atoms with Crippen molar-refractivity contribution in [2.75, 3.05) is 13.1 Å². The average Bonchev–Trinajstić information content (AvgIpc) is 3.04. The molecule has 1 aromatic heterocycles. The van der Waals surface area contributed by atoms with Gasteiger partial charge in [-0.15, -0.1) is 0 Å². The van der Waals surface area contributed by atoms with Gasteiger partial charge in [0.15, 0.2) is 0 Å². The summed E-state index contributed by atoms with van der Waals surface area (Å²) in [5, 5.41) is 0. The number of amides is 1. The molecule has 1 fully saturated rings. The molecule has 0 N–H and O–H groups in total. The van der Waals surface area contributed by atoms with E-state index in [1.54, 1.807) is 0 Å². The number of nitrogens with zero attached hydrogens (tertiary/aromatic N) is 3. The van der Waals surface area contributed by atoms with Crippen molar-refractivity contribution in [3.63, 3.8) is 0 Å². The number of likely N-dealkylation sites (tertiary alicyclic amines) is 1. The second-order valence-electron chi connectivity index (χ2n) is 5.24. The van der Waals surface area contributed by atoms with E-state index in [-0.39, 0.29) is 11.5 Å². The Bertz CT molecular complexity index is 685. The Balaban J connectivity index is 1.73. The number of rotatable bonds is 3. The van der Waals surface area contributed by atoms with Gasteiger partial charge in [-0.25, -0.2) is 4.98 Å². The molecule has 1 saturated heterocycles. The van der Waals surface area contributed by atoms with Crippen LogP contribution in [0.5, 0.6) is 0 Å². The first-order valence-electron chi connectivity index (χ1n) is 7.13. The van der Waals surface area contributed by atoms with Crippen LogP contribution < -0.4 is 5.56 Å². The van der Waals surface area contributed by atoms with Gasteiger partial charge in [0.1, 0.15) is 0 Å². The zero-order chi connectivity index (χ0) is 14.7. The molecule has 0 aliphatic carbocycles. The minimum atomic E-state index is -0.0813. The molecule has 0 saturated carbocycles. The first-order chi connectivity index (χ1) is 10.2. The van der Waals surface area contributed by atoms with Crippen molar-refractivity contribution in [1.29, 1.82) is 0 Å². The maximum Gasteiger partial charge on any atom is 0.253 e. The molecule has 0 radical (unpaired) electrons. The lowest BCUT2D eigenvalue weighted by Gasteiger charge is -2.15. The Morgan fingerprint density at radius 3 is 2.48 bits per heavy atom. The quantitative estimate of drug-likeness (QED) is 0.858. The number of carbonyl (C=O) groups excluding carboxylic acids is 1. The largest absolute Gasteiger partial charge is 0.339 e. The zero-order valence-corrected chi connectivity index (χ0v) is 11.7. The van der Waals surface area contributed by atoms with Gasteiger partial charge >= 0.3 is 0 Å². The summed E-state index contributed by atoms with van der Waals surface area (Å²) in [7, 11) is 0. The van der Waals surface area contributed by atoms with Gasteiger partial charge in [-0.05, 0) is 30.5 Å². The van der Waals surface area contributed by atoms with Crippen LogP contribution in [0.25, 0.3) is 0 Å². The van der Waals surface area contributed by atoms with Crippen LogP contribution in [0.2, 0.25) is 0 Å². The maximum atomic E-state index is 12.2. The second kappa shape index (κ2) is 5.91. The van der Waals surface area contributed by atoms with Crippen LogP contribution in [0.15, 0.2) is 47.7 Å². The van der Waals surface area contributed by atoms with E-state index in [0.717, 1.165) is 31.5 Å². The number of carbonyl (C=O) groups is 1. The van der Waals surface area contributed by atoms with Gasteiger partial charge < -0.3 is 4.90 Å². The van der Waals surface area contributed by atoms with Crippen molar-refractivity contribution < 1.29 is 4.79 Å². The van der Waals surface area contributed by atoms with Crippen LogP contribution in [0.4, 0.5) is 0 Å². The summed E-state index contributed by atoms with van der Waals surface area (Å²) in [6.07, 6.45) is 5.18. The van der Waals surface area contributed by atoms with Crippen molar-refractivity contribution in [1.82, 2.24) is 14.5 Å². The molecule has 1 aromatic carbocycles. The third-order valence-electron chi connectivity index (χ3n) is 3.74. The van der Waals surface area contributed by atoms with Gasteiger partial charge in [0.05, 0.1) is 12.9 Å². The van der Waals surface area contributed by atoms with Crippen LogP contribution in [-0.2, 0) is 6.54 Å². The predicted octanol–water partition coefficient (Wildman–Crippen LogP) is 1.53. The molecule has 2 heterocycles. The van der Waals surface area contributed by atoms with Crippen LogP contribution in [0, 0.1) is 0 Å². The fraction of sp³-hybridized carbons (Fsp3) is 0.312. The van der Waals surface area contributed by atoms with Crippen LogP contribution in [0.3, 0.4) is 0 Å². The second-order valence-corrected chi connectivity index (χ2v) is 5.24. The third kappa shape index (κ3) is 3.02. The molecule has 0 bridgehead atoms. The fourth-order valence-corrected chi connectivity index (χ4v) is 2.55. The standard InChI is InChI=1S/C16H17N3O2/c20-15-7-8-17-12-19(15)11-13-3-5-14(6-4-13)16(21)18-9-1-2-10-18/h3-8,12H,1-2,9-11H2. The molecule has 1 aliphatic rings. The monoisotopic (exact) mass is 283 g/mol. The minimum Gasteiger partial charge on any atom is -0.339 e. The van der Waals surface area contributed by atoms with E-state index in [2.05, 4.69) is 4.98 Å². The lowest BCUT2D eigenvalue weighted by Crippen LogP contribution is -2.27. The van der Waals surface area contributed by atoms with Gasteiger partial charge in [-0.2, -0.15) is 0 Å². The first kappa shape index (κ1) is 13.5. The highest BCUT2D eigenvalue weighted by atomic mass is 16.2. The summed E-state index contributed by atoms with van der Waals surface area (Å²) in [6, 6.07) is 8.88. The van der Waals surface area contributed by atoms with E-state index < -0.39 is 0 Å². The lowest BCUT2D eigenvalue weighted by molar-refractivity contribution is 0.0793. The highest BCUT2D eigenvalue weighted by Crippen LogP contribution is 2.13. The molecule has 0 spiro atoms. The Hall–Kier alpha value is -2.43. The van der Waals surface area contributed by atoms with E-state index in [4.69, 9.17) is 0 Å². The molecule has 21 heavy (non-hydrogen) atoms. The van der Waals surface area contributed by atoms with Gasteiger partial charge in [0.25, 0.3) is 11.5 Å². The van der Waals surface area contributed by atoms with E-state index in [1.807, 2.05) is 29.2 Å². The van der Waals surface area contributed by atoms with Gasteiger partial charge in [0, 0.05) is 30.9 Å². The topological polar surface area (TPSA) is 55.2 Å². The summed E-state index contributed by atoms with van der Waals surface area (Å²) in [4.78, 5) is 29.7. The smallest absolute Gasteiger partial charge is 0.253 e. The number of benzene rings is 1. The van der Waals surface area contributed by atoms with Crippen molar-refractivity contribution in [2.45, 2.75) is 19.4 Å². The summed E-state index contributed by atoms with van der Waals surface area (Å²) < 4.78 is 1.54. The first-order valence-corrected chi connectivity index (χ1v) is 7.13. The summed E-state index contributed by atoms with van der Waals surface area (Å²) in [6.45, 7) is 2.17. The maximum absolute atomic E-state index is 12.2. The summed E-state index contributed by atoms with van der Waals surface area (Å²) in [5.74, 6) is 0.0950. The van der Waals surface area contributed by atoms with Gasteiger partial charge in [0.2, 0.25) is 0 Å². The molecule has 108 valence electrons. The molecule has 1 amide bonds. The Morgan fingerprint density at radius 2 is 1.81 bits per heavy atom. The number of hydrogen-bond donors (Lipinski definition) is 0. The summed E-state index contributed by atoms with van der Waals surface area (Å²) in [5.41, 5.74) is 1.60. The van der Waals surface area contributed by atoms with Crippen molar-refractivity contribution in [3.05, 3.63) is 64.3 Å². The fourth-order valence-electron chi connectivity index (χ4n) is 2.55. The minimum absolute atomic E-state index is 0.0813. The number of hydrogen-bond acceptors (Lipinski definition) is 3. The molecule has 1 aliphatic heterocycles. The van der Waals surface area contributed by atoms with Crippen LogP contribution in [-0.4, -0.2) is 33.4 Å². The van der Waals surface area contributed by atoms with Crippen molar-refractivity contribution in [2.24, 2.45) is 0 Å². The van der Waals surface area contributed by atoms with E-state index in [0.29, 0.717) is 12.1 Å². The van der Waals surface area contributed by atoms with Crippen molar-refractivity contribution >= 4 is 5.91 Å². The van der Waals surface area contributed by atoms with Crippen LogP contribution >= 0.6 is 0 Å². The van der Waals surface area contributed by atoms with Gasteiger partial charge in [-0.3, -0.25) is 14.2 Å². The molecule has 5 heteroatoms. The molecular formula is C16H17N3O2. The molecule has 3 rings (SSSR count). The predicted molar refractivity (Wildman–Crippen MR) is 79.2 cm³/mol. The molecule has 0 unspecified atom stereocenters. The van der Waals surface area contributed by atoms with Crippen molar-refractivity contribution in [3.8, 4) is 0 Å². The molecule has 2 aromatic rings. The van der Waals surface area contributed by atoms with Crippen LogP contribution in [0.1, 0.15) is 28.8 Å². The van der Waals surface area contributed by atoms with E-state index >= 15 is 0 Å².